The summed E-state index contributed by atoms with van der Waals surface area (Å²) in [6.07, 6.45) is 2.31. The Balaban J connectivity index is 3.31. The van der Waals surface area contributed by atoms with Crippen LogP contribution in [0.25, 0.3) is 0 Å². The van der Waals surface area contributed by atoms with E-state index in [-0.39, 0.29) is 30.4 Å². The molecule has 1 unspecified atom stereocenters. The van der Waals surface area contributed by atoms with E-state index < -0.39 is 40.3 Å². The SMILES string of the molecule is CCOC(=O)/C(C)=C/[C@H](C(C)C)N(C)C(=O)[C@@H](NC(=O)C(CC)C(C)(C)c1ccc(C(=O)OC(C)(C)C)cc1)C(C)(C)C. The van der Waals surface area contributed by atoms with Crippen LogP contribution in [0.15, 0.2) is 35.9 Å². The Hall–Kier alpha value is -3.16. The lowest BCUT2D eigenvalue weighted by Crippen LogP contribution is -2.58. The van der Waals surface area contributed by atoms with Crippen LogP contribution in [-0.4, -0.2) is 60.0 Å². The highest BCUT2D eigenvalue weighted by atomic mass is 16.6. The molecule has 0 heterocycles. The van der Waals surface area contributed by atoms with Crippen LogP contribution in [0.3, 0.4) is 0 Å². The summed E-state index contributed by atoms with van der Waals surface area (Å²) >= 11 is 0. The number of nitrogens with one attached hydrogen (secondary N) is 1. The quantitative estimate of drug-likeness (QED) is 0.218. The van der Waals surface area contributed by atoms with Gasteiger partial charge in [0.2, 0.25) is 11.8 Å². The zero-order valence-electron chi connectivity index (χ0n) is 29.0. The number of benzene rings is 1. The average molecular weight is 601 g/mol. The second-order valence-electron chi connectivity index (χ2n) is 14.3. The zero-order valence-corrected chi connectivity index (χ0v) is 29.0. The smallest absolute Gasteiger partial charge is 0.338 e. The van der Waals surface area contributed by atoms with Gasteiger partial charge in [0.05, 0.1) is 18.2 Å². The Morgan fingerprint density at radius 2 is 1.47 bits per heavy atom. The van der Waals surface area contributed by atoms with Crippen molar-refractivity contribution in [1.82, 2.24) is 10.2 Å². The Kier molecular flexibility index (Phi) is 13.2. The number of carbonyl (C=O) groups is 4. The first kappa shape index (κ1) is 37.9. The summed E-state index contributed by atoms with van der Waals surface area (Å²) in [7, 11) is 1.71. The molecule has 0 saturated carbocycles. The van der Waals surface area contributed by atoms with Gasteiger partial charge in [0.15, 0.2) is 0 Å². The fourth-order valence-electron chi connectivity index (χ4n) is 5.16. The first-order chi connectivity index (χ1) is 19.6. The molecular formula is C35H56N2O6. The number of amides is 2. The number of hydrogen-bond donors (Lipinski definition) is 1. The van der Waals surface area contributed by atoms with Gasteiger partial charge in [-0.25, -0.2) is 9.59 Å². The molecule has 0 aromatic heterocycles. The van der Waals surface area contributed by atoms with E-state index in [9.17, 15) is 19.2 Å². The fourth-order valence-corrected chi connectivity index (χ4v) is 5.16. The van der Waals surface area contributed by atoms with Crippen LogP contribution >= 0.6 is 0 Å². The molecule has 1 aromatic carbocycles. The Bertz CT molecular complexity index is 1150. The molecule has 0 radical (unpaired) electrons. The molecule has 1 N–H and O–H groups in total. The van der Waals surface area contributed by atoms with E-state index in [0.29, 0.717) is 17.6 Å². The summed E-state index contributed by atoms with van der Waals surface area (Å²) in [5, 5.41) is 3.09. The third-order valence-electron chi connectivity index (χ3n) is 7.76. The molecule has 2 amide bonds. The molecule has 0 aliphatic carbocycles. The van der Waals surface area contributed by atoms with Crippen molar-refractivity contribution in [2.45, 2.75) is 120 Å². The van der Waals surface area contributed by atoms with Gasteiger partial charge in [0, 0.05) is 24.0 Å². The molecule has 0 aliphatic heterocycles. The van der Waals surface area contributed by atoms with Crippen molar-refractivity contribution >= 4 is 23.8 Å². The van der Waals surface area contributed by atoms with E-state index in [4.69, 9.17) is 9.47 Å². The largest absolute Gasteiger partial charge is 0.463 e. The lowest BCUT2D eigenvalue weighted by atomic mass is 9.71. The molecule has 0 spiro atoms. The number of nitrogens with zero attached hydrogens (tertiary/aromatic N) is 1. The van der Waals surface area contributed by atoms with E-state index in [1.807, 2.05) is 88.3 Å². The van der Waals surface area contributed by atoms with Crippen LogP contribution in [0.1, 0.15) is 112 Å². The molecule has 1 aromatic rings. The van der Waals surface area contributed by atoms with Gasteiger partial charge < -0.3 is 19.7 Å². The maximum Gasteiger partial charge on any atom is 0.338 e. The highest BCUT2D eigenvalue weighted by Crippen LogP contribution is 2.35. The highest BCUT2D eigenvalue weighted by molar-refractivity contribution is 5.91. The summed E-state index contributed by atoms with van der Waals surface area (Å²) in [6, 6.07) is 6.00. The number of esters is 2. The molecule has 0 saturated heterocycles. The summed E-state index contributed by atoms with van der Waals surface area (Å²) in [4.78, 5) is 54.3. The van der Waals surface area contributed by atoms with Gasteiger partial charge in [-0.1, -0.05) is 73.6 Å². The van der Waals surface area contributed by atoms with E-state index in [1.54, 1.807) is 44.0 Å². The normalized spacial score (nSPS) is 14.9. The highest BCUT2D eigenvalue weighted by Gasteiger charge is 2.41. The minimum atomic E-state index is -0.804. The maximum atomic E-state index is 14.0. The first-order valence-electron chi connectivity index (χ1n) is 15.3. The standard InChI is InChI=1S/C35H56N2O6/c1-15-26(35(12,13)25-19-17-24(18-20-25)32(41)43-34(9,10)11)29(38)36-28(33(6,7)8)30(39)37(14)27(22(3)4)21-23(5)31(40)42-16-2/h17-22,26-28H,15-16H2,1-14H3,(H,36,38)/b23-21+/t26?,27-,28-/m1/s1. The molecular weight excluding hydrogens is 544 g/mol. The second kappa shape index (κ2) is 15.0. The Morgan fingerprint density at radius 1 is 0.930 bits per heavy atom. The van der Waals surface area contributed by atoms with Crippen LogP contribution in [0.2, 0.25) is 0 Å². The van der Waals surface area contributed by atoms with Crippen LogP contribution in [0, 0.1) is 17.3 Å². The molecule has 8 heteroatoms. The summed E-state index contributed by atoms with van der Waals surface area (Å²) in [5.41, 5.74) is 0.00270. The molecule has 0 bridgehead atoms. The first-order valence-corrected chi connectivity index (χ1v) is 15.3. The van der Waals surface area contributed by atoms with Crippen molar-refractivity contribution in [3.05, 3.63) is 47.0 Å². The van der Waals surface area contributed by atoms with Crippen molar-refractivity contribution < 1.29 is 28.7 Å². The predicted octanol–water partition coefficient (Wildman–Crippen LogP) is 6.47. The van der Waals surface area contributed by atoms with Gasteiger partial charge in [-0.05, 0) is 70.1 Å². The molecule has 8 nitrogen and oxygen atoms in total. The third kappa shape index (κ3) is 10.5. The van der Waals surface area contributed by atoms with E-state index in [0.717, 1.165) is 5.56 Å². The number of rotatable bonds is 12. The van der Waals surface area contributed by atoms with Crippen LogP contribution < -0.4 is 5.32 Å². The minimum Gasteiger partial charge on any atom is -0.463 e. The Morgan fingerprint density at radius 3 is 1.88 bits per heavy atom. The van der Waals surface area contributed by atoms with Gasteiger partial charge in [0.25, 0.3) is 0 Å². The van der Waals surface area contributed by atoms with Crippen molar-refractivity contribution in [3.8, 4) is 0 Å². The van der Waals surface area contributed by atoms with Crippen LogP contribution in [0.5, 0.6) is 0 Å². The van der Waals surface area contributed by atoms with Gasteiger partial charge in [-0.3, -0.25) is 9.59 Å². The number of carbonyl (C=O) groups excluding carboxylic acids is 4. The van der Waals surface area contributed by atoms with Crippen LogP contribution in [-0.2, 0) is 29.3 Å². The van der Waals surface area contributed by atoms with Gasteiger partial charge >= 0.3 is 11.9 Å². The Labute approximate surface area is 260 Å². The van der Waals surface area contributed by atoms with E-state index in [1.165, 1.54) is 0 Å². The molecule has 43 heavy (non-hydrogen) atoms. The summed E-state index contributed by atoms with van der Waals surface area (Å²) in [5.74, 6) is -1.70. The molecule has 0 aliphatic rings. The maximum absolute atomic E-state index is 14.0. The molecule has 3 atom stereocenters. The van der Waals surface area contributed by atoms with Crippen molar-refractivity contribution in [2.75, 3.05) is 13.7 Å². The van der Waals surface area contributed by atoms with Crippen molar-refractivity contribution in [2.24, 2.45) is 17.3 Å². The van der Waals surface area contributed by atoms with E-state index >= 15 is 0 Å². The lowest BCUT2D eigenvalue weighted by Gasteiger charge is -2.40. The second-order valence-corrected chi connectivity index (χ2v) is 14.3. The van der Waals surface area contributed by atoms with Gasteiger partial charge in [0.1, 0.15) is 11.6 Å². The summed E-state index contributed by atoms with van der Waals surface area (Å²) in [6.45, 7) is 24.9. The van der Waals surface area contributed by atoms with Gasteiger partial charge in [-0.15, -0.1) is 0 Å². The average Bonchev–Trinajstić information content (AvgIpc) is 2.88. The topological polar surface area (TPSA) is 102 Å². The number of hydrogen-bond acceptors (Lipinski definition) is 6. The zero-order chi connectivity index (χ0) is 33.5. The van der Waals surface area contributed by atoms with Crippen molar-refractivity contribution in [3.63, 3.8) is 0 Å². The minimum absolute atomic E-state index is 0.0145. The van der Waals surface area contributed by atoms with Gasteiger partial charge in [-0.2, -0.15) is 0 Å². The monoisotopic (exact) mass is 600 g/mol. The molecule has 0 fully saturated rings. The predicted molar refractivity (Wildman–Crippen MR) is 172 cm³/mol. The summed E-state index contributed by atoms with van der Waals surface area (Å²) < 4.78 is 10.6. The van der Waals surface area contributed by atoms with Crippen molar-refractivity contribution in [1.29, 1.82) is 0 Å². The molecule has 242 valence electrons. The van der Waals surface area contributed by atoms with E-state index in [2.05, 4.69) is 5.32 Å². The number of ether oxygens (including phenoxy) is 2. The molecule has 1 rings (SSSR count). The number of likely N-dealkylation sites (N-methyl/N-ethyl adjacent to an activating group) is 1. The third-order valence-corrected chi connectivity index (χ3v) is 7.76. The lowest BCUT2D eigenvalue weighted by molar-refractivity contribution is -0.142. The van der Waals surface area contributed by atoms with Crippen LogP contribution in [0.4, 0.5) is 0 Å². The fraction of sp³-hybridized carbons (Fsp3) is 0.657.